The van der Waals surface area contributed by atoms with Crippen LogP contribution in [0.1, 0.15) is 0 Å². The number of nitro benzene ring substituents is 1. The second kappa shape index (κ2) is 4.49. The summed E-state index contributed by atoms with van der Waals surface area (Å²) < 4.78 is 1.84. The van der Waals surface area contributed by atoms with Gasteiger partial charge in [-0.3, -0.25) is 10.1 Å². The van der Waals surface area contributed by atoms with Crippen LogP contribution in [-0.4, -0.2) is 4.92 Å². The zero-order chi connectivity index (χ0) is 13.2. The van der Waals surface area contributed by atoms with Crippen molar-refractivity contribution >= 4 is 16.6 Å². The van der Waals surface area contributed by atoms with E-state index in [1.165, 1.54) is 6.07 Å². The molecule has 0 atom stereocenters. The maximum atomic E-state index is 11.1. The predicted octanol–water partition coefficient (Wildman–Crippen LogP) is 3.02. The van der Waals surface area contributed by atoms with E-state index in [1.54, 1.807) is 18.2 Å². The highest BCUT2D eigenvalue weighted by atomic mass is 16.6. The molecule has 0 aliphatic rings. The Labute approximate surface area is 109 Å². The quantitative estimate of drug-likeness (QED) is 0.399. The van der Waals surface area contributed by atoms with E-state index in [9.17, 15) is 10.1 Å². The number of pyridine rings is 1. The van der Waals surface area contributed by atoms with Gasteiger partial charge in [-0.25, -0.2) is 0 Å². The largest absolute Gasteiger partial charge is 0.340 e. The predicted molar refractivity (Wildman–Crippen MR) is 72.1 cm³/mol. The lowest BCUT2D eigenvalue weighted by molar-refractivity contribution is -0.573. The smallest absolute Gasteiger partial charge is 0.258 e. The maximum Gasteiger partial charge on any atom is 0.340 e. The Hall–Kier alpha value is -2.75. The normalized spacial score (nSPS) is 10.5. The fourth-order valence-corrected chi connectivity index (χ4v) is 2.19. The van der Waals surface area contributed by atoms with E-state index >= 15 is 0 Å². The van der Waals surface area contributed by atoms with Crippen molar-refractivity contribution in [3.05, 3.63) is 77.0 Å². The molecule has 0 spiro atoms. The van der Waals surface area contributed by atoms with Gasteiger partial charge in [0, 0.05) is 29.7 Å². The van der Waals surface area contributed by atoms with Crippen molar-refractivity contribution in [3.8, 4) is 5.69 Å². The van der Waals surface area contributed by atoms with E-state index in [0.29, 0.717) is 5.69 Å². The molecule has 0 unspecified atom stereocenters. The Kier molecular flexibility index (Phi) is 2.68. The average molecular weight is 251 g/mol. The number of hydrogen-bond donors (Lipinski definition) is 0. The highest BCUT2D eigenvalue weighted by Crippen LogP contribution is 2.19. The van der Waals surface area contributed by atoms with Crippen LogP contribution in [0.25, 0.3) is 16.6 Å². The van der Waals surface area contributed by atoms with E-state index < -0.39 is 0 Å². The molecule has 0 amide bonds. The highest BCUT2D eigenvalue weighted by Gasteiger charge is 2.22. The van der Waals surface area contributed by atoms with Crippen molar-refractivity contribution in [1.29, 1.82) is 0 Å². The number of fused-ring (bicyclic) bond motifs is 1. The minimum atomic E-state index is -0.357. The SMILES string of the molecule is O=[N+]([O-])c1ccccc1-[n+]1cccc2ccccc21. The third-order valence-electron chi connectivity index (χ3n) is 3.05. The summed E-state index contributed by atoms with van der Waals surface area (Å²) in [5.74, 6) is 0. The first-order chi connectivity index (χ1) is 9.27. The molecule has 3 aromatic rings. The maximum absolute atomic E-state index is 11.1. The average Bonchev–Trinajstić information content (AvgIpc) is 2.46. The first kappa shape index (κ1) is 11.3. The highest BCUT2D eigenvalue weighted by molar-refractivity contribution is 5.75. The molecule has 2 aromatic carbocycles. The lowest BCUT2D eigenvalue weighted by atomic mass is 10.2. The minimum absolute atomic E-state index is 0.101. The third-order valence-corrected chi connectivity index (χ3v) is 3.05. The summed E-state index contributed by atoms with van der Waals surface area (Å²) in [5.41, 5.74) is 1.62. The van der Waals surface area contributed by atoms with Gasteiger partial charge < -0.3 is 0 Å². The first-order valence-electron chi connectivity index (χ1n) is 5.90. The van der Waals surface area contributed by atoms with Gasteiger partial charge in [0.15, 0.2) is 6.20 Å². The topological polar surface area (TPSA) is 47.0 Å². The summed E-state index contributed by atoms with van der Waals surface area (Å²) in [6.07, 6.45) is 1.84. The number of benzene rings is 2. The first-order valence-corrected chi connectivity index (χ1v) is 5.90. The van der Waals surface area contributed by atoms with Crippen LogP contribution >= 0.6 is 0 Å². The van der Waals surface area contributed by atoms with Crippen LogP contribution in [0.5, 0.6) is 0 Å². The number of aromatic nitrogens is 1. The molecule has 1 heterocycles. The Balaban J connectivity index is 2.34. The molecular weight excluding hydrogens is 240 g/mol. The molecule has 0 saturated carbocycles. The molecule has 0 bridgehead atoms. The van der Waals surface area contributed by atoms with Crippen molar-refractivity contribution in [1.82, 2.24) is 0 Å². The number of rotatable bonds is 2. The van der Waals surface area contributed by atoms with Crippen LogP contribution in [-0.2, 0) is 0 Å². The van der Waals surface area contributed by atoms with Gasteiger partial charge in [0.25, 0.3) is 5.69 Å². The Morgan fingerprint density at radius 2 is 1.58 bits per heavy atom. The zero-order valence-electron chi connectivity index (χ0n) is 10.1. The van der Waals surface area contributed by atoms with Crippen LogP contribution in [0.15, 0.2) is 66.9 Å². The zero-order valence-corrected chi connectivity index (χ0v) is 10.1. The number of nitrogens with zero attached hydrogens (tertiary/aromatic N) is 2. The van der Waals surface area contributed by atoms with Crippen molar-refractivity contribution in [2.24, 2.45) is 0 Å². The third kappa shape index (κ3) is 1.93. The van der Waals surface area contributed by atoms with Crippen LogP contribution in [0, 0.1) is 10.1 Å². The molecule has 19 heavy (non-hydrogen) atoms. The van der Waals surface area contributed by atoms with Gasteiger partial charge in [0.05, 0.1) is 4.92 Å². The fourth-order valence-electron chi connectivity index (χ4n) is 2.19. The molecule has 0 aliphatic carbocycles. The summed E-state index contributed by atoms with van der Waals surface area (Å²) in [5, 5.41) is 12.2. The van der Waals surface area contributed by atoms with Gasteiger partial charge >= 0.3 is 5.69 Å². The Morgan fingerprint density at radius 3 is 2.42 bits per heavy atom. The van der Waals surface area contributed by atoms with E-state index in [0.717, 1.165) is 10.9 Å². The second-order valence-electron chi connectivity index (χ2n) is 4.18. The van der Waals surface area contributed by atoms with Crippen molar-refractivity contribution in [2.75, 3.05) is 0 Å². The van der Waals surface area contributed by atoms with Crippen molar-refractivity contribution < 1.29 is 9.49 Å². The molecule has 0 saturated heterocycles. The van der Waals surface area contributed by atoms with Crippen LogP contribution in [0.3, 0.4) is 0 Å². The summed E-state index contributed by atoms with van der Waals surface area (Å²) in [7, 11) is 0. The summed E-state index contributed by atoms with van der Waals surface area (Å²) in [6.45, 7) is 0. The molecular formula is C15H11N2O2+. The van der Waals surface area contributed by atoms with Gasteiger partial charge in [-0.05, 0) is 12.1 Å². The molecule has 0 fully saturated rings. The summed E-state index contributed by atoms with van der Waals surface area (Å²) >= 11 is 0. The van der Waals surface area contributed by atoms with Crippen molar-refractivity contribution in [2.45, 2.75) is 0 Å². The van der Waals surface area contributed by atoms with Gasteiger partial charge in [0.1, 0.15) is 0 Å². The molecule has 3 rings (SSSR count). The summed E-state index contributed by atoms with van der Waals surface area (Å²) in [4.78, 5) is 10.8. The van der Waals surface area contributed by atoms with E-state index in [2.05, 4.69) is 0 Å². The van der Waals surface area contributed by atoms with Gasteiger partial charge in [-0.2, -0.15) is 4.57 Å². The van der Waals surface area contributed by atoms with Crippen LogP contribution < -0.4 is 4.57 Å². The number of nitro groups is 1. The van der Waals surface area contributed by atoms with Gasteiger partial charge in [-0.1, -0.05) is 24.3 Å². The number of para-hydroxylation sites is 3. The minimum Gasteiger partial charge on any atom is -0.258 e. The Bertz CT molecular complexity index is 763. The van der Waals surface area contributed by atoms with E-state index in [1.807, 2.05) is 47.2 Å². The fraction of sp³-hybridized carbons (Fsp3) is 0. The lowest BCUT2D eigenvalue weighted by Crippen LogP contribution is -2.31. The molecule has 4 heteroatoms. The molecule has 0 aliphatic heterocycles. The molecule has 0 radical (unpaired) electrons. The summed E-state index contributed by atoms with van der Waals surface area (Å²) in [6, 6.07) is 18.4. The van der Waals surface area contributed by atoms with Gasteiger partial charge in [-0.15, -0.1) is 0 Å². The molecule has 4 nitrogen and oxygen atoms in total. The molecule has 0 N–H and O–H groups in total. The van der Waals surface area contributed by atoms with Crippen LogP contribution in [0.2, 0.25) is 0 Å². The molecule has 1 aromatic heterocycles. The van der Waals surface area contributed by atoms with E-state index in [4.69, 9.17) is 0 Å². The second-order valence-corrected chi connectivity index (χ2v) is 4.18. The molecule has 92 valence electrons. The van der Waals surface area contributed by atoms with Crippen LogP contribution in [0.4, 0.5) is 5.69 Å². The van der Waals surface area contributed by atoms with E-state index in [-0.39, 0.29) is 10.6 Å². The van der Waals surface area contributed by atoms with Gasteiger partial charge in [0.2, 0.25) is 5.52 Å². The lowest BCUT2D eigenvalue weighted by Gasteiger charge is -2.01. The standard InChI is InChI=1S/C15H11N2O2/c18-17(19)15-10-4-3-9-14(15)16-11-5-7-12-6-1-2-8-13(12)16/h1-11H/q+1. The monoisotopic (exact) mass is 251 g/mol. The Morgan fingerprint density at radius 1 is 0.895 bits per heavy atom. The number of hydrogen-bond acceptors (Lipinski definition) is 2. The van der Waals surface area contributed by atoms with Crippen molar-refractivity contribution in [3.63, 3.8) is 0 Å².